The molecule has 3 N–H and O–H groups in total. The SMILES string of the molecule is CCC(C)S(=O)(=O)Nc1ccc(NC(=S)N2CCN(c3ncnc4[nH]c5ccccc5c34)CC2)cc1. The molecule has 0 spiro atoms. The number of hydrogen-bond donors (Lipinski definition) is 3. The second-order valence-electron chi connectivity index (χ2n) is 8.94. The molecule has 0 aliphatic carbocycles. The molecule has 1 atom stereocenters. The maximum atomic E-state index is 12.3. The predicted molar refractivity (Wildman–Crippen MR) is 150 cm³/mol. The number of nitrogens with one attached hydrogen (secondary N) is 3. The Balaban J connectivity index is 1.22. The fourth-order valence-electron chi connectivity index (χ4n) is 4.33. The van der Waals surface area contributed by atoms with E-state index in [4.69, 9.17) is 12.2 Å². The maximum absolute atomic E-state index is 12.3. The van der Waals surface area contributed by atoms with E-state index >= 15 is 0 Å². The van der Waals surface area contributed by atoms with Gasteiger partial charge in [-0.05, 0) is 55.9 Å². The van der Waals surface area contributed by atoms with Crippen molar-refractivity contribution < 1.29 is 8.42 Å². The van der Waals surface area contributed by atoms with E-state index in [0.717, 1.165) is 59.6 Å². The molecule has 4 aromatic rings. The van der Waals surface area contributed by atoms with Crippen molar-refractivity contribution in [3.05, 3.63) is 54.9 Å². The third-order valence-electron chi connectivity index (χ3n) is 6.64. The van der Waals surface area contributed by atoms with Gasteiger partial charge in [0.15, 0.2) is 5.11 Å². The minimum Gasteiger partial charge on any atom is -0.352 e. The average molecular weight is 524 g/mol. The van der Waals surface area contributed by atoms with Gasteiger partial charge in [0.1, 0.15) is 17.8 Å². The van der Waals surface area contributed by atoms with Crippen molar-refractivity contribution in [2.75, 3.05) is 41.1 Å². The summed E-state index contributed by atoms with van der Waals surface area (Å²) >= 11 is 5.66. The Bertz CT molecular complexity index is 1490. The first-order valence-electron chi connectivity index (χ1n) is 12.0. The number of anilines is 3. The van der Waals surface area contributed by atoms with Crippen LogP contribution in [0, 0.1) is 0 Å². The lowest BCUT2D eigenvalue weighted by Crippen LogP contribution is -2.50. The molecule has 1 unspecified atom stereocenters. The molecule has 2 aromatic heterocycles. The zero-order valence-electron chi connectivity index (χ0n) is 20.2. The van der Waals surface area contributed by atoms with Crippen LogP contribution in [0.2, 0.25) is 0 Å². The molecule has 1 aliphatic rings. The number of thiocarbonyl (C=S) groups is 1. The molecule has 0 saturated carbocycles. The number of nitrogens with zero attached hydrogens (tertiary/aromatic N) is 4. The highest BCUT2D eigenvalue weighted by atomic mass is 32.2. The zero-order valence-corrected chi connectivity index (χ0v) is 21.9. The third-order valence-corrected chi connectivity index (χ3v) is 8.92. The normalized spacial score (nSPS) is 15.3. The molecular formula is C25H29N7O2S2. The summed E-state index contributed by atoms with van der Waals surface area (Å²) in [6, 6.07) is 15.3. The highest BCUT2D eigenvalue weighted by Gasteiger charge is 2.23. The standard InChI is InChI=1S/C25H29N7O2S2/c1-3-17(2)36(33,34)30-19-10-8-18(9-11-19)28-25(35)32-14-12-31(13-15-32)24-22-20-6-4-5-7-21(20)29-23(22)26-16-27-24/h4-11,16-17,30H,3,12-15H2,1-2H3,(H,28,35)(H,26,27,29). The minimum atomic E-state index is -3.39. The van der Waals surface area contributed by atoms with E-state index in [9.17, 15) is 8.42 Å². The van der Waals surface area contributed by atoms with Gasteiger partial charge in [-0.1, -0.05) is 25.1 Å². The molecule has 1 fully saturated rings. The molecule has 5 rings (SSSR count). The summed E-state index contributed by atoms with van der Waals surface area (Å²) in [4.78, 5) is 16.8. The molecule has 1 aliphatic heterocycles. The van der Waals surface area contributed by atoms with Gasteiger partial charge in [-0.3, -0.25) is 4.72 Å². The van der Waals surface area contributed by atoms with E-state index in [2.05, 4.69) is 46.9 Å². The van der Waals surface area contributed by atoms with Gasteiger partial charge in [-0.15, -0.1) is 0 Å². The molecule has 36 heavy (non-hydrogen) atoms. The number of benzene rings is 2. The summed E-state index contributed by atoms with van der Waals surface area (Å²) in [5, 5.41) is 5.63. The quantitative estimate of drug-likeness (QED) is 0.324. The number of sulfonamides is 1. The van der Waals surface area contributed by atoms with Gasteiger partial charge in [0.25, 0.3) is 0 Å². The van der Waals surface area contributed by atoms with Crippen molar-refractivity contribution in [1.82, 2.24) is 19.9 Å². The number of aromatic amines is 1. The lowest BCUT2D eigenvalue weighted by molar-refractivity contribution is 0.390. The van der Waals surface area contributed by atoms with Crippen LogP contribution in [0.4, 0.5) is 17.2 Å². The lowest BCUT2D eigenvalue weighted by Gasteiger charge is -2.37. The van der Waals surface area contributed by atoms with Crippen LogP contribution in [0.25, 0.3) is 21.9 Å². The molecule has 11 heteroatoms. The molecule has 0 bridgehead atoms. The second kappa shape index (κ2) is 9.90. The Labute approximate surface area is 216 Å². The van der Waals surface area contributed by atoms with Gasteiger partial charge in [0, 0.05) is 48.5 Å². The topological polar surface area (TPSA) is 106 Å². The molecule has 1 saturated heterocycles. The summed E-state index contributed by atoms with van der Waals surface area (Å²) in [5.74, 6) is 0.936. The Morgan fingerprint density at radius 1 is 1.06 bits per heavy atom. The first kappa shape index (κ1) is 24.3. The summed E-state index contributed by atoms with van der Waals surface area (Å²) in [7, 11) is -3.39. The predicted octanol–water partition coefficient (Wildman–Crippen LogP) is 4.17. The molecule has 0 radical (unpaired) electrons. The highest BCUT2D eigenvalue weighted by molar-refractivity contribution is 7.93. The van der Waals surface area contributed by atoms with E-state index in [1.54, 1.807) is 25.4 Å². The monoisotopic (exact) mass is 523 g/mol. The Kier molecular flexibility index (Phi) is 6.67. The number of aromatic nitrogens is 3. The lowest BCUT2D eigenvalue weighted by atomic mass is 10.2. The van der Waals surface area contributed by atoms with Gasteiger partial charge in [-0.2, -0.15) is 0 Å². The van der Waals surface area contributed by atoms with Crippen LogP contribution >= 0.6 is 12.2 Å². The van der Waals surface area contributed by atoms with Gasteiger partial charge < -0.3 is 20.1 Å². The molecule has 3 heterocycles. The Hall–Kier alpha value is -3.44. The molecule has 0 amide bonds. The molecular weight excluding hydrogens is 494 g/mol. The molecule has 9 nitrogen and oxygen atoms in total. The first-order chi connectivity index (χ1) is 17.4. The van der Waals surface area contributed by atoms with E-state index in [1.807, 2.05) is 31.2 Å². The van der Waals surface area contributed by atoms with Crippen LogP contribution < -0.4 is 14.9 Å². The number of para-hydroxylation sites is 1. The van der Waals surface area contributed by atoms with Crippen molar-refractivity contribution in [1.29, 1.82) is 0 Å². The summed E-state index contributed by atoms with van der Waals surface area (Å²) in [5.41, 5.74) is 3.24. The third kappa shape index (κ3) is 4.80. The Morgan fingerprint density at radius 3 is 2.47 bits per heavy atom. The molecule has 188 valence electrons. The van der Waals surface area contributed by atoms with Crippen LogP contribution in [0.3, 0.4) is 0 Å². The summed E-state index contributed by atoms with van der Waals surface area (Å²) in [6.07, 6.45) is 2.17. The summed E-state index contributed by atoms with van der Waals surface area (Å²) < 4.78 is 27.2. The van der Waals surface area contributed by atoms with Crippen molar-refractivity contribution in [3.8, 4) is 0 Å². The van der Waals surface area contributed by atoms with Crippen molar-refractivity contribution in [2.45, 2.75) is 25.5 Å². The summed E-state index contributed by atoms with van der Waals surface area (Å²) in [6.45, 7) is 6.63. The number of H-pyrrole nitrogens is 1. The highest BCUT2D eigenvalue weighted by Crippen LogP contribution is 2.31. The van der Waals surface area contributed by atoms with Crippen LogP contribution in [0.15, 0.2) is 54.9 Å². The first-order valence-corrected chi connectivity index (χ1v) is 13.9. The van der Waals surface area contributed by atoms with Gasteiger partial charge >= 0.3 is 0 Å². The number of fused-ring (bicyclic) bond motifs is 3. The van der Waals surface area contributed by atoms with E-state index < -0.39 is 15.3 Å². The average Bonchev–Trinajstić information content (AvgIpc) is 3.28. The smallest absolute Gasteiger partial charge is 0.235 e. The van der Waals surface area contributed by atoms with E-state index in [-0.39, 0.29) is 0 Å². The van der Waals surface area contributed by atoms with E-state index in [0.29, 0.717) is 17.2 Å². The van der Waals surface area contributed by atoms with Crippen molar-refractivity contribution in [2.24, 2.45) is 0 Å². The van der Waals surface area contributed by atoms with E-state index in [1.165, 1.54) is 0 Å². The van der Waals surface area contributed by atoms with Gasteiger partial charge in [0.2, 0.25) is 10.0 Å². The number of rotatable bonds is 6. The Morgan fingerprint density at radius 2 is 1.75 bits per heavy atom. The van der Waals surface area contributed by atoms with Gasteiger partial charge in [-0.25, -0.2) is 18.4 Å². The van der Waals surface area contributed by atoms with Crippen LogP contribution in [-0.4, -0.2) is 64.8 Å². The number of hydrogen-bond acceptors (Lipinski definition) is 6. The fraction of sp³-hybridized carbons (Fsp3) is 0.320. The van der Waals surface area contributed by atoms with Crippen molar-refractivity contribution in [3.63, 3.8) is 0 Å². The van der Waals surface area contributed by atoms with Crippen LogP contribution in [0.5, 0.6) is 0 Å². The minimum absolute atomic E-state index is 0.448. The maximum Gasteiger partial charge on any atom is 0.235 e. The van der Waals surface area contributed by atoms with Crippen LogP contribution in [-0.2, 0) is 10.0 Å². The van der Waals surface area contributed by atoms with Gasteiger partial charge in [0.05, 0.1) is 10.6 Å². The zero-order chi connectivity index (χ0) is 25.3. The fourth-order valence-corrected chi connectivity index (χ4v) is 5.73. The van der Waals surface area contributed by atoms with Crippen molar-refractivity contribution >= 4 is 66.5 Å². The van der Waals surface area contributed by atoms with Crippen LogP contribution in [0.1, 0.15) is 20.3 Å². The number of piperazine rings is 1. The molecule has 2 aromatic carbocycles. The largest absolute Gasteiger partial charge is 0.352 e. The second-order valence-corrected chi connectivity index (χ2v) is 11.4.